The van der Waals surface area contributed by atoms with E-state index in [4.69, 9.17) is 10.5 Å². The first-order valence-electron chi connectivity index (χ1n) is 6.38. The lowest BCUT2D eigenvalue weighted by Crippen LogP contribution is -2.20. The zero-order chi connectivity index (χ0) is 13.7. The minimum absolute atomic E-state index is 0.796. The number of anilines is 2. The van der Waals surface area contributed by atoms with E-state index in [1.165, 1.54) is 11.3 Å². The quantitative estimate of drug-likeness (QED) is 0.836. The zero-order valence-electron chi connectivity index (χ0n) is 11.5. The minimum Gasteiger partial charge on any atom is -0.497 e. The number of methoxy groups -OCH3 is 1. The van der Waals surface area contributed by atoms with Crippen LogP contribution >= 0.6 is 0 Å². The van der Waals surface area contributed by atoms with Gasteiger partial charge >= 0.3 is 0 Å². The van der Waals surface area contributed by atoms with Crippen LogP contribution in [0, 0.1) is 0 Å². The maximum atomic E-state index is 5.69. The normalized spacial score (nSPS) is 10.2. The van der Waals surface area contributed by atoms with Gasteiger partial charge in [-0.15, -0.1) is 0 Å². The average Bonchev–Trinajstić information content (AvgIpc) is 2.46. The molecule has 0 unspecified atom stereocenters. The van der Waals surface area contributed by atoms with Crippen LogP contribution in [0.4, 0.5) is 11.4 Å². The van der Waals surface area contributed by atoms with Crippen molar-refractivity contribution in [3.63, 3.8) is 0 Å². The van der Waals surface area contributed by atoms with Crippen molar-refractivity contribution in [1.82, 2.24) is 0 Å². The molecule has 2 aromatic carbocycles. The highest BCUT2D eigenvalue weighted by Crippen LogP contribution is 2.17. The van der Waals surface area contributed by atoms with E-state index in [-0.39, 0.29) is 0 Å². The molecule has 0 saturated carbocycles. The van der Waals surface area contributed by atoms with E-state index in [2.05, 4.69) is 24.1 Å². The molecule has 0 aliphatic carbocycles. The van der Waals surface area contributed by atoms with Gasteiger partial charge in [-0.05, 0) is 48.4 Å². The first-order valence-corrected chi connectivity index (χ1v) is 6.38. The van der Waals surface area contributed by atoms with Gasteiger partial charge < -0.3 is 15.4 Å². The third-order valence-corrected chi connectivity index (χ3v) is 3.20. The second-order valence-electron chi connectivity index (χ2n) is 4.61. The molecular formula is C16H20N2O. The summed E-state index contributed by atoms with van der Waals surface area (Å²) in [7, 11) is 3.78. The number of benzene rings is 2. The van der Waals surface area contributed by atoms with Gasteiger partial charge in [0.2, 0.25) is 0 Å². The van der Waals surface area contributed by atoms with Gasteiger partial charge in [0.15, 0.2) is 0 Å². The smallest absolute Gasteiger partial charge is 0.119 e. The molecule has 0 atom stereocenters. The van der Waals surface area contributed by atoms with E-state index in [1.54, 1.807) is 7.11 Å². The van der Waals surface area contributed by atoms with Gasteiger partial charge in [-0.25, -0.2) is 0 Å². The summed E-state index contributed by atoms with van der Waals surface area (Å²) < 4.78 is 5.23. The Bertz CT molecular complexity index is 523. The number of likely N-dealkylation sites (N-methyl/N-ethyl adjacent to an activating group) is 1. The molecular weight excluding hydrogens is 236 g/mol. The Morgan fingerprint density at radius 3 is 2.53 bits per heavy atom. The van der Waals surface area contributed by atoms with E-state index in [0.29, 0.717) is 0 Å². The third-order valence-electron chi connectivity index (χ3n) is 3.20. The Labute approximate surface area is 114 Å². The molecule has 0 heterocycles. The van der Waals surface area contributed by atoms with Crippen molar-refractivity contribution in [3.05, 3.63) is 54.1 Å². The summed E-state index contributed by atoms with van der Waals surface area (Å²) in [5.41, 5.74) is 8.94. The summed E-state index contributed by atoms with van der Waals surface area (Å²) in [6, 6.07) is 16.1. The van der Waals surface area contributed by atoms with Crippen LogP contribution in [0.15, 0.2) is 48.5 Å². The summed E-state index contributed by atoms with van der Waals surface area (Å²) in [4.78, 5) is 2.22. The summed E-state index contributed by atoms with van der Waals surface area (Å²) in [6.07, 6.45) is 0.984. The van der Waals surface area contributed by atoms with Gasteiger partial charge in [-0.2, -0.15) is 0 Å². The van der Waals surface area contributed by atoms with Gasteiger partial charge in [0.05, 0.1) is 7.11 Å². The number of nitrogens with zero attached hydrogens (tertiary/aromatic N) is 1. The maximum absolute atomic E-state index is 5.69. The van der Waals surface area contributed by atoms with E-state index in [0.717, 1.165) is 24.4 Å². The third kappa shape index (κ3) is 3.65. The maximum Gasteiger partial charge on any atom is 0.119 e. The minimum atomic E-state index is 0.796. The van der Waals surface area contributed by atoms with Crippen molar-refractivity contribution in [2.45, 2.75) is 6.42 Å². The molecule has 0 spiro atoms. The van der Waals surface area contributed by atoms with E-state index < -0.39 is 0 Å². The van der Waals surface area contributed by atoms with E-state index in [1.807, 2.05) is 36.4 Å². The largest absolute Gasteiger partial charge is 0.497 e. The average molecular weight is 256 g/mol. The topological polar surface area (TPSA) is 38.5 Å². The number of nitrogen functional groups attached to an aromatic ring is 1. The van der Waals surface area contributed by atoms with Crippen LogP contribution in [0.1, 0.15) is 5.56 Å². The van der Waals surface area contributed by atoms with E-state index >= 15 is 0 Å². The lowest BCUT2D eigenvalue weighted by Gasteiger charge is -2.19. The highest BCUT2D eigenvalue weighted by atomic mass is 16.5. The standard InChI is InChI=1S/C16H20N2O/c1-18(15-8-6-14(17)7-9-15)11-10-13-4-3-5-16(12-13)19-2/h3-9,12H,10-11,17H2,1-2H3. The lowest BCUT2D eigenvalue weighted by molar-refractivity contribution is 0.414. The van der Waals surface area contributed by atoms with Crippen molar-refractivity contribution in [2.24, 2.45) is 0 Å². The summed E-state index contributed by atoms with van der Waals surface area (Å²) >= 11 is 0. The molecule has 0 aromatic heterocycles. The molecule has 0 fully saturated rings. The molecule has 2 N–H and O–H groups in total. The van der Waals surface area contributed by atoms with Crippen LogP contribution in [-0.2, 0) is 6.42 Å². The molecule has 0 aliphatic heterocycles. The van der Waals surface area contributed by atoms with Gasteiger partial charge in [0.25, 0.3) is 0 Å². The molecule has 0 amide bonds. The molecule has 2 aromatic rings. The van der Waals surface area contributed by atoms with Crippen LogP contribution < -0.4 is 15.4 Å². The molecule has 19 heavy (non-hydrogen) atoms. The highest BCUT2D eigenvalue weighted by Gasteiger charge is 2.02. The predicted molar refractivity (Wildman–Crippen MR) is 80.8 cm³/mol. The number of hydrogen-bond acceptors (Lipinski definition) is 3. The monoisotopic (exact) mass is 256 g/mol. The van der Waals surface area contributed by atoms with Gasteiger partial charge in [0.1, 0.15) is 5.75 Å². The van der Waals surface area contributed by atoms with Gasteiger partial charge in [-0.1, -0.05) is 12.1 Å². The summed E-state index contributed by atoms with van der Waals surface area (Å²) in [5.74, 6) is 0.910. The van der Waals surface area contributed by atoms with Crippen molar-refractivity contribution in [3.8, 4) is 5.75 Å². The lowest BCUT2D eigenvalue weighted by atomic mass is 10.1. The fraction of sp³-hybridized carbons (Fsp3) is 0.250. The molecule has 3 nitrogen and oxygen atoms in total. The SMILES string of the molecule is COc1cccc(CCN(C)c2ccc(N)cc2)c1. The number of rotatable bonds is 5. The summed E-state index contributed by atoms with van der Waals surface area (Å²) in [6.45, 7) is 0.955. The molecule has 100 valence electrons. The Morgan fingerprint density at radius 2 is 1.84 bits per heavy atom. The van der Waals surface area contributed by atoms with Gasteiger partial charge in [0, 0.05) is 25.0 Å². The number of hydrogen-bond donors (Lipinski definition) is 1. The zero-order valence-corrected chi connectivity index (χ0v) is 11.5. The molecule has 0 radical (unpaired) electrons. The van der Waals surface area contributed by atoms with Crippen molar-refractivity contribution >= 4 is 11.4 Å². The van der Waals surface area contributed by atoms with E-state index in [9.17, 15) is 0 Å². The fourth-order valence-electron chi connectivity index (χ4n) is 1.98. The Morgan fingerprint density at radius 1 is 1.11 bits per heavy atom. The van der Waals surface area contributed by atoms with Crippen molar-refractivity contribution in [2.75, 3.05) is 31.3 Å². The van der Waals surface area contributed by atoms with Crippen LogP contribution in [0.2, 0.25) is 0 Å². The number of nitrogens with two attached hydrogens (primary N) is 1. The first kappa shape index (κ1) is 13.3. The number of ether oxygens (including phenoxy) is 1. The Hall–Kier alpha value is -2.16. The Balaban J connectivity index is 1.96. The predicted octanol–water partition coefficient (Wildman–Crippen LogP) is 2.96. The van der Waals surface area contributed by atoms with Crippen LogP contribution in [0.3, 0.4) is 0 Å². The van der Waals surface area contributed by atoms with Crippen molar-refractivity contribution in [1.29, 1.82) is 0 Å². The molecule has 0 aliphatic rings. The molecule has 2 rings (SSSR count). The molecule has 0 saturated heterocycles. The van der Waals surface area contributed by atoms with Crippen LogP contribution in [0.25, 0.3) is 0 Å². The summed E-state index contributed by atoms with van der Waals surface area (Å²) in [5, 5.41) is 0. The molecule has 0 bridgehead atoms. The Kier molecular flexibility index (Phi) is 4.29. The van der Waals surface area contributed by atoms with Crippen LogP contribution in [0.5, 0.6) is 5.75 Å². The second kappa shape index (κ2) is 6.14. The highest BCUT2D eigenvalue weighted by molar-refractivity contribution is 5.52. The second-order valence-corrected chi connectivity index (χ2v) is 4.61. The van der Waals surface area contributed by atoms with Crippen molar-refractivity contribution < 1.29 is 4.74 Å². The molecule has 3 heteroatoms. The van der Waals surface area contributed by atoms with Gasteiger partial charge in [-0.3, -0.25) is 0 Å². The fourth-order valence-corrected chi connectivity index (χ4v) is 1.98. The van der Waals surface area contributed by atoms with Crippen LogP contribution in [-0.4, -0.2) is 20.7 Å². The first-order chi connectivity index (χ1) is 9.19.